The number of carbonyl (C=O) groups excluding carboxylic acids is 1. The fraction of sp³-hybridized carbons (Fsp3) is 0.200. The number of nitro groups is 1. The van der Waals surface area contributed by atoms with Crippen molar-refractivity contribution in [3.8, 4) is 11.5 Å². The van der Waals surface area contributed by atoms with E-state index in [0.717, 1.165) is 11.1 Å². The smallest absolute Gasteiger partial charge is 0.276 e. The number of carbonyl (C=O) groups is 1. The zero-order valence-corrected chi connectivity index (χ0v) is 17.3. The molecule has 0 aliphatic carbocycles. The number of nitro benzene ring substituents is 1. The van der Waals surface area contributed by atoms with Gasteiger partial charge in [0, 0.05) is 23.4 Å². The van der Waals surface area contributed by atoms with E-state index in [1.54, 1.807) is 6.20 Å². The van der Waals surface area contributed by atoms with Gasteiger partial charge in [0.2, 0.25) is 0 Å². The molecule has 0 bridgehead atoms. The van der Waals surface area contributed by atoms with E-state index < -0.39 is 10.8 Å². The molecule has 0 aliphatic rings. The van der Waals surface area contributed by atoms with Crippen molar-refractivity contribution in [2.45, 2.75) is 20.6 Å². The normalized spacial score (nSPS) is 10.5. The van der Waals surface area contributed by atoms with Crippen LogP contribution >= 0.6 is 11.6 Å². The summed E-state index contributed by atoms with van der Waals surface area (Å²) in [5.41, 5.74) is 1.97. The Morgan fingerprint density at radius 3 is 2.53 bits per heavy atom. The van der Waals surface area contributed by atoms with E-state index in [9.17, 15) is 14.9 Å². The maximum Gasteiger partial charge on any atom is 0.276 e. The van der Waals surface area contributed by atoms with Crippen molar-refractivity contribution in [1.82, 2.24) is 9.78 Å². The topological polar surface area (TPSA) is 109 Å². The number of nitrogens with zero attached hydrogens (tertiary/aromatic N) is 3. The SMILES string of the molecule is COc1cc(NC(=O)c2ccn(COc3cc(C)c(Cl)c(C)c3)n2)cc([N+](=O)[O-])c1. The molecule has 2 aromatic carbocycles. The molecule has 0 saturated heterocycles. The number of ether oxygens (including phenoxy) is 2. The van der Waals surface area contributed by atoms with Crippen LogP contribution in [0.5, 0.6) is 11.5 Å². The second-order valence-corrected chi connectivity index (χ2v) is 6.89. The number of rotatable bonds is 7. The van der Waals surface area contributed by atoms with Crippen LogP contribution in [0.25, 0.3) is 0 Å². The Morgan fingerprint density at radius 2 is 1.90 bits per heavy atom. The highest BCUT2D eigenvalue weighted by Gasteiger charge is 2.15. The number of non-ortho nitro benzene ring substituents is 1. The lowest BCUT2D eigenvalue weighted by Gasteiger charge is -2.10. The maximum atomic E-state index is 12.5. The molecule has 156 valence electrons. The van der Waals surface area contributed by atoms with Crippen LogP contribution in [-0.4, -0.2) is 27.7 Å². The summed E-state index contributed by atoms with van der Waals surface area (Å²) in [5.74, 6) is 0.376. The number of hydrogen-bond acceptors (Lipinski definition) is 6. The van der Waals surface area contributed by atoms with E-state index in [1.165, 1.54) is 36.1 Å². The van der Waals surface area contributed by atoms with Crippen LogP contribution in [0.2, 0.25) is 5.02 Å². The summed E-state index contributed by atoms with van der Waals surface area (Å²) in [6.45, 7) is 3.88. The van der Waals surface area contributed by atoms with E-state index in [0.29, 0.717) is 10.8 Å². The minimum absolute atomic E-state index is 0.0957. The highest BCUT2D eigenvalue weighted by atomic mass is 35.5. The Labute approximate surface area is 177 Å². The molecule has 10 heteroatoms. The lowest BCUT2D eigenvalue weighted by molar-refractivity contribution is -0.384. The average molecular weight is 431 g/mol. The van der Waals surface area contributed by atoms with Crippen LogP contribution in [0.1, 0.15) is 21.6 Å². The molecule has 1 heterocycles. The predicted octanol–water partition coefficient (Wildman–Crippen LogP) is 4.36. The van der Waals surface area contributed by atoms with Crippen molar-refractivity contribution in [2.75, 3.05) is 12.4 Å². The molecular formula is C20H19ClN4O5. The molecule has 0 fully saturated rings. The molecule has 0 radical (unpaired) electrons. The van der Waals surface area contributed by atoms with Gasteiger partial charge in [-0.25, -0.2) is 4.68 Å². The number of nitrogens with one attached hydrogen (secondary N) is 1. The molecule has 3 aromatic rings. The quantitative estimate of drug-likeness (QED) is 0.440. The van der Waals surface area contributed by atoms with E-state index >= 15 is 0 Å². The Morgan fingerprint density at radius 1 is 1.20 bits per heavy atom. The molecule has 0 aliphatic heterocycles. The highest BCUT2D eigenvalue weighted by molar-refractivity contribution is 6.32. The number of hydrogen-bond donors (Lipinski definition) is 1. The van der Waals surface area contributed by atoms with E-state index in [4.69, 9.17) is 21.1 Å². The van der Waals surface area contributed by atoms with Crippen molar-refractivity contribution < 1.29 is 19.2 Å². The molecule has 1 aromatic heterocycles. The minimum atomic E-state index is -0.565. The van der Waals surface area contributed by atoms with Gasteiger partial charge in [-0.1, -0.05) is 11.6 Å². The third-order valence-electron chi connectivity index (χ3n) is 4.24. The zero-order chi connectivity index (χ0) is 21.8. The van der Waals surface area contributed by atoms with E-state index in [1.807, 2.05) is 26.0 Å². The monoisotopic (exact) mass is 430 g/mol. The number of methoxy groups -OCH3 is 1. The molecule has 0 atom stereocenters. The first-order valence-corrected chi connectivity index (χ1v) is 9.22. The van der Waals surface area contributed by atoms with Gasteiger partial charge in [0.1, 0.15) is 11.5 Å². The minimum Gasteiger partial charge on any atom is -0.496 e. The van der Waals surface area contributed by atoms with E-state index in [-0.39, 0.29) is 29.5 Å². The molecular weight excluding hydrogens is 412 g/mol. The summed E-state index contributed by atoms with van der Waals surface area (Å²) in [7, 11) is 1.38. The van der Waals surface area contributed by atoms with Crippen LogP contribution < -0.4 is 14.8 Å². The first-order chi connectivity index (χ1) is 14.3. The molecule has 0 unspecified atom stereocenters. The number of anilines is 1. The first-order valence-electron chi connectivity index (χ1n) is 8.84. The van der Waals surface area contributed by atoms with Gasteiger partial charge in [-0.2, -0.15) is 5.10 Å². The van der Waals surface area contributed by atoms with Gasteiger partial charge in [0.15, 0.2) is 12.4 Å². The van der Waals surface area contributed by atoms with Gasteiger partial charge >= 0.3 is 0 Å². The second-order valence-electron chi connectivity index (χ2n) is 6.52. The van der Waals surface area contributed by atoms with Gasteiger partial charge in [-0.05, 0) is 43.2 Å². The van der Waals surface area contributed by atoms with Gasteiger partial charge in [0.05, 0.1) is 23.8 Å². The van der Waals surface area contributed by atoms with Crippen molar-refractivity contribution in [2.24, 2.45) is 0 Å². The largest absolute Gasteiger partial charge is 0.496 e. The number of halogens is 1. The third-order valence-corrected chi connectivity index (χ3v) is 4.84. The Balaban J connectivity index is 1.68. The van der Waals surface area contributed by atoms with Crippen molar-refractivity contribution in [3.63, 3.8) is 0 Å². The number of aromatic nitrogens is 2. The number of amides is 1. The summed E-state index contributed by atoms with van der Waals surface area (Å²) in [5, 5.41) is 18.5. The van der Waals surface area contributed by atoms with Crippen molar-refractivity contribution in [1.29, 1.82) is 0 Å². The van der Waals surface area contributed by atoms with Gasteiger partial charge < -0.3 is 14.8 Å². The van der Waals surface area contributed by atoms with Gasteiger partial charge in [-0.15, -0.1) is 0 Å². The number of benzene rings is 2. The molecule has 1 N–H and O–H groups in total. The van der Waals surface area contributed by atoms with Gasteiger partial charge in [-0.3, -0.25) is 14.9 Å². The Bertz CT molecular complexity index is 1090. The fourth-order valence-corrected chi connectivity index (χ4v) is 2.87. The van der Waals surface area contributed by atoms with E-state index in [2.05, 4.69) is 10.4 Å². The lowest BCUT2D eigenvalue weighted by atomic mass is 10.1. The Kier molecular flexibility index (Phi) is 6.22. The van der Waals surface area contributed by atoms with Crippen LogP contribution in [0.4, 0.5) is 11.4 Å². The highest BCUT2D eigenvalue weighted by Crippen LogP contribution is 2.27. The van der Waals surface area contributed by atoms with Crippen LogP contribution in [0.3, 0.4) is 0 Å². The molecule has 0 saturated carbocycles. The molecule has 3 rings (SSSR count). The third kappa shape index (κ3) is 4.87. The van der Waals surface area contributed by atoms with Crippen LogP contribution in [0.15, 0.2) is 42.6 Å². The van der Waals surface area contributed by atoms with Gasteiger partial charge in [0.25, 0.3) is 11.6 Å². The molecule has 30 heavy (non-hydrogen) atoms. The molecule has 0 spiro atoms. The average Bonchev–Trinajstić information content (AvgIpc) is 3.19. The maximum absolute atomic E-state index is 12.5. The standard InChI is InChI=1S/C20H19ClN4O5/c1-12-6-17(7-13(2)19(12)21)30-11-24-5-4-18(23-24)20(26)22-14-8-15(25(27)28)10-16(9-14)29-3/h4-10H,11H2,1-3H3,(H,22,26). The molecule has 9 nitrogen and oxygen atoms in total. The summed E-state index contributed by atoms with van der Waals surface area (Å²) in [4.78, 5) is 22.9. The summed E-state index contributed by atoms with van der Waals surface area (Å²) in [6, 6.07) is 9.15. The fourth-order valence-electron chi connectivity index (χ4n) is 2.76. The van der Waals surface area contributed by atoms with Crippen molar-refractivity contribution in [3.05, 3.63) is 74.6 Å². The number of aryl methyl sites for hydroxylation is 2. The lowest BCUT2D eigenvalue weighted by Crippen LogP contribution is -2.14. The molecule has 1 amide bonds. The van der Waals surface area contributed by atoms with Crippen LogP contribution in [-0.2, 0) is 6.73 Å². The summed E-state index contributed by atoms with van der Waals surface area (Å²) in [6.07, 6.45) is 1.60. The first kappa shape index (κ1) is 21.1. The predicted molar refractivity (Wildman–Crippen MR) is 111 cm³/mol. The Hall–Kier alpha value is -3.59. The second kappa shape index (κ2) is 8.83. The summed E-state index contributed by atoms with van der Waals surface area (Å²) >= 11 is 6.15. The summed E-state index contributed by atoms with van der Waals surface area (Å²) < 4.78 is 12.2. The van der Waals surface area contributed by atoms with Crippen molar-refractivity contribution >= 4 is 28.9 Å². The zero-order valence-electron chi connectivity index (χ0n) is 16.5. The van der Waals surface area contributed by atoms with Crippen LogP contribution in [0, 0.1) is 24.0 Å².